The van der Waals surface area contributed by atoms with Crippen molar-refractivity contribution in [3.05, 3.63) is 65.3 Å². The Kier molecular flexibility index (Phi) is 4.49. The third kappa shape index (κ3) is 3.74. The molecule has 1 aromatic heterocycles. The fourth-order valence-electron chi connectivity index (χ4n) is 2.78. The van der Waals surface area contributed by atoms with Crippen LogP contribution in [-0.4, -0.2) is 25.4 Å². The molecule has 138 valence electrons. The van der Waals surface area contributed by atoms with Crippen molar-refractivity contribution in [1.29, 1.82) is 0 Å². The number of sulfonamides is 1. The highest BCUT2D eigenvalue weighted by atomic mass is 35.5. The van der Waals surface area contributed by atoms with E-state index in [9.17, 15) is 13.2 Å². The molecule has 0 saturated heterocycles. The Balaban J connectivity index is 1.66. The number of aromatic nitrogens is 1. The molecule has 0 aliphatic heterocycles. The molecule has 3 aromatic rings. The Morgan fingerprint density at radius 1 is 1.11 bits per heavy atom. The molecule has 27 heavy (non-hydrogen) atoms. The average molecular weight is 402 g/mol. The molecule has 1 saturated carbocycles. The highest BCUT2D eigenvalue weighted by Gasteiger charge is 2.24. The number of benzene rings is 2. The number of nitrogens with zero attached hydrogens (tertiary/aromatic N) is 1. The molecule has 1 fully saturated rings. The summed E-state index contributed by atoms with van der Waals surface area (Å²) in [6.45, 7) is 0. The number of anilines is 1. The Bertz CT molecular complexity index is 1140. The number of carbonyl (C=O) groups is 1. The highest BCUT2D eigenvalue weighted by Crippen LogP contribution is 2.29. The minimum absolute atomic E-state index is 0.0721. The van der Waals surface area contributed by atoms with Crippen LogP contribution in [0.1, 0.15) is 23.2 Å². The number of hydrogen-bond acceptors (Lipinski definition) is 4. The van der Waals surface area contributed by atoms with Crippen molar-refractivity contribution >= 4 is 44.1 Å². The van der Waals surface area contributed by atoms with E-state index in [1.807, 2.05) is 0 Å². The molecule has 1 amide bonds. The number of halogens is 1. The lowest BCUT2D eigenvalue weighted by Crippen LogP contribution is -2.25. The summed E-state index contributed by atoms with van der Waals surface area (Å²) in [4.78, 5) is 16.4. The van der Waals surface area contributed by atoms with Crippen LogP contribution in [0.4, 0.5) is 5.69 Å². The van der Waals surface area contributed by atoms with E-state index >= 15 is 0 Å². The molecule has 0 radical (unpaired) electrons. The second kappa shape index (κ2) is 6.83. The van der Waals surface area contributed by atoms with Crippen LogP contribution in [0.3, 0.4) is 0 Å². The highest BCUT2D eigenvalue weighted by molar-refractivity contribution is 7.93. The normalized spacial score (nSPS) is 14.1. The number of amides is 1. The van der Waals surface area contributed by atoms with E-state index in [2.05, 4.69) is 15.0 Å². The Labute approximate surface area is 161 Å². The van der Waals surface area contributed by atoms with Gasteiger partial charge in [-0.1, -0.05) is 17.7 Å². The van der Waals surface area contributed by atoms with E-state index in [-0.39, 0.29) is 16.8 Å². The lowest BCUT2D eigenvalue weighted by atomic mass is 10.2. The van der Waals surface area contributed by atoms with E-state index < -0.39 is 10.0 Å². The SMILES string of the molecule is O=C(NC1CC1)c1cccc(NS(=O)(=O)c2ccc(Cl)c3ncccc23)c1. The summed E-state index contributed by atoms with van der Waals surface area (Å²) in [5, 5.41) is 3.69. The minimum atomic E-state index is -3.89. The molecule has 6 nitrogen and oxygen atoms in total. The van der Waals surface area contributed by atoms with Crippen LogP contribution in [-0.2, 0) is 10.0 Å². The average Bonchev–Trinajstić information content (AvgIpc) is 3.46. The molecule has 4 rings (SSSR count). The quantitative estimate of drug-likeness (QED) is 0.683. The van der Waals surface area contributed by atoms with Gasteiger partial charge in [-0.15, -0.1) is 0 Å². The molecule has 1 aliphatic carbocycles. The Morgan fingerprint density at radius 2 is 1.93 bits per heavy atom. The second-order valence-electron chi connectivity index (χ2n) is 6.38. The summed E-state index contributed by atoms with van der Waals surface area (Å²) in [6.07, 6.45) is 3.52. The summed E-state index contributed by atoms with van der Waals surface area (Å²) in [7, 11) is -3.89. The summed E-state index contributed by atoms with van der Waals surface area (Å²) in [5.74, 6) is -0.209. The van der Waals surface area contributed by atoms with Crippen LogP contribution in [0.5, 0.6) is 0 Å². The standard InChI is InChI=1S/C19H16ClN3O3S/c20-16-8-9-17(15-5-2-10-21-18(15)16)27(25,26)23-14-4-1-3-12(11-14)19(24)22-13-6-7-13/h1-5,8-11,13,23H,6-7H2,(H,22,24). The molecule has 1 heterocycles. The zero-order valence-electron chi connectivity index (χ0n) is 14.1. The van der Waals surface area contributed by atoms with Gasteiger partial charge >= 0.3 is 0 Å². The van der Waals surface area contributed by atoms with E-state index in [1.54, 1.807) is 36.5 Å². The first kappa shape index (κ1) is 17.8. The molecular formula is C19H16ClN3O3S. The molecule has 0 unspecified atom stereocenters. The van der Waals surface area contributed by atoms with Crippen LogP contribution in [0.2, 0.25) is 5.02 Å². The molecule has 0 spiro atoms. The van der Waals surface area contributed by atoms with Gasteiger partial charge in [0.1, 0.15) is 0 Å². The predicted molar refractivity (Wildman–Crippen MR) is 104 cm³/mol. The third-order valence-corrected chi connectivity index (χ3v) is 6.00. The maximum Gasteiger partial charge on any atom is 0.262 e. The van der Waals surface area contributed by atoms with Gasteiger partial charge in [0.05, 0.1) is 15.4 Å². The molecule has 1 aliphatic rings. The van der Waals surface area contributed by atoms with Crippen LogP contribution >= 0.6 is 11.6 Å². The summed E-state index contributed by atoms with van der Waals surface area (Å²) >= 11 is 6.12. The van der Waals surface area contributed by atoms with Crippen molar-refractivity contribution in [3.63, 3.8) is 0 Å². The zero-order chi connectivity index (χ0) is 19.0. The van der Waals surface area contributed by atoms with Gasteiger partial charge in [-0.3, -0.25) is 14.5 Å². The first-order chi connectivity index (χ1) is 12.9. The Morgan fingerprint density at radius 3 is 2.70 bits per heavy atom. The van der Waals surface area contributed by atoms with Gasteiger partial charge in [-0.05, 0) is 55.3 Å². The number of hydrogen-bond donors (Lipinski definition) is 2. The number of fused-ring (bicyclic) bond motifs is 1. The fraction of sp³-hybridized carbons (Fsp3) is 0.158. The van der Waals surface area contributed by atoms with Crippen molar-refractivity contribution in [2.45, 2.75) is 23.8 Å². The van der Waals surface area contributed by atoms with Crippen LogP contribution in [0, 0.1) is 0 Å². The van der Waals surface area contributed by atoms with Crippen molar-refractivity contribution in [2.24, 2.45) is 0 Å². The van der Waals surface area contributed by atoms with Gasteiger partial charge in [-0.25, -0.2) is 8.42 Å². The smallest absolute Gasteiger partial charge is 0.262 e. The molecule has 2 aromatic carbocycles. The maximum atomic E-state index is 12.9. The fourth-order valence-corrected chi connectivity index (χ4v) is 4.24. The lowest BCUT2D eigenvalue weighted by molar-refractivity contribution is 0.0951. The van der Waals surface area contributed by atoms with Crippen LogP contribution in [0.15, 0.2) is 59.6 Å². The first-order valence-corrected chi connectivity index (χ1v) is 10.3. The molecule has 2 N–H and O–H groups in total. The molecule has 0 atom stereocenters. The van der Waals surface area contributed by atoms with Crippen molar-refractivity contribution in [1.82, 2.24) is 10.3 Å². The summed E-state index contributed by atoms with van der Waals surface area (Å²) < 4.78 is 28.4. The topological polar surface area (TPSA) is 88.2 Å². The van der Waals surface area contributed by atoms with Crippen molar-refractivity contribution in [2.75, 3.05) is 4.72 Å². The van der Waals surface area contributed by atoms with Crippen LogP contribution < -0.4 is 10.0 Å². The number of nitrogens with one attached hydrogen (secondary N) is 2. The third-order valence-electron chi connectivity index (χ3n) is 4.26. The van der Waals surface area contributed by atoms with Gasteiger partial charge in [0.25, 0.3) is 15.9 Å². The number of pyridine rings is 1. The maximum absolute atomic E-state index is 12.9. The largest absolute Gasteiger partial charge is 0.349 e. The van der Waals surface area contributed by atoms with E-state index in [4.69, 9.17) is 11.6 Å². The summed E-state index contributed by atoms with van der Waals surface area (Å²) in [5.41, 5.74) is 1.13. The first-order valence-electron chi connectivity index (χ1n) is 8.41. The monoisotopic (exact) mass is 401 g/mol. The van der Waals surface area contributed by atoms with E-state index in [0.717, 1.165) is 12.8 Å². The van der Waals surface area contributed by atoms with Crippen LogP contribution in [0.25, 0.3) is 10.9 Å². The van der Waals surface area contributed by atoms with Gasteiger partial charge < -0.3 is 5.32 Å². The van der Waals surface area contributed by atoms with Crippen molar-refractivity contribution < 1.29 is 13.2 Å². The number of carbonyl (C=O) groups excluding carboxylic acids is 1. The zero-order valence-corrected chi connectivity index (χ0v) is 15.7. The lowest BCUT2D eigenvalue weighted by Gasteiger charge is -2.12. The van der Waals surface area contributed by atoms with Gasteiger partial charge in [0, 0.05) is 28.9 Å². The Hall–Kier alpha value is -2.64. The van der Waals surface area contributed by atoms with Gasteiger partial charge in [0.15, 0.2) is 0 Å². The molecule has 0 bridgehead atoms. The summed E-state index contributed by atoms with van der Waals surface area (Å²) in [6, 6.07) is 12.9. The van der Waals surface area contributed by atoms with Gasteiger partial charge in [-0.2, -0.15) is 0 Å². The van der Waals surface area contributed by atoms with E-state index in [0.29, 0.717) is 27.2 Å². The second-order valence-corrected chi connectivity index (χ2v) is 8.44. The minimum Gasteiger partial charge on any atom is -0.349 e. The molecular weight excluding hydrogens is 386 g/mol. The predicted octanol–water partition coefficient (Wildman–Crippen LogP) is 3.58. The number of rotatable bonds is 5. The van der Waals surface area contributed by atoms with E-state index in [1.165, 1.54) is 18.2 Å². The molecule has 8 heteroatoms. The van der Waals surface area contributed by atoms with Crippen molar-refractivity contribution in [3.8, 4) is 0 Å². The van der Waals surface area contributed by atoms with Gasteiger partial charge in [0.2, 0.25) is 0 Å².